The maximum absolute atomic E-state index is 13.9. The van der Waals surface area contributed by atoms with E-state index in [2.05, 4.69) is 35.6 Å². The lowest BCUT2D eigenvalue weighted by Gasteiger charge is -2.46. The van der Waals surface area contributed by atoms with Crippen LogP contribution in [0.3, 0.4) is 0 Å². The second kappa shape index (κ2) is 17.0. The number of aromatic nitrogens is 3. The molecule has 2 aliphatic carbocycles. The Hall–Kier alpha value is -3.29. The molecule has 3 atom stereocenters. The van der Waals surface area contributed by atoms with Gasteiger partial charge in [-0.25, -0.2) is 13.8 Å². The number of benzene rings is 1. The highest BCUT2D eigenvalue weighted by Crippen LogP contribution is 2.37. The number of aryl methyl sites for hydroxylation is 2. The highest BCUT2D eigenvalue weighted by molar-refractivity contribution is 5.79. The smallest absolute Gasteiger partial charge is 0.248 e. The maximum atomic E-state index is 13.9. The third kappa shape index (κ3) is 9.58. The molecule has 278 valence electrons. The highest BCUT2D eigenvalue weighted by Gasteiger charge is 2.41. The normalized spacial score (nSPS) is 22.8. The van der Waals surface area contributed by atoms with Gasteiger partial charge in [-0.1, -0.05) is 36.4 Å². The molecule has 3 aromatic rings. The Morgan fingerprint density at radius 1 is 1.12 bits per heavy atom. The van der Waals surface area contributed by atoms with Gasteiger partial charge in [0.05, 0.1) is 23.8 Å². The lowest BCUT2D eigenvalue weighted by molar-refractivity contribution is -0.138. The average molecular weight is 707 g/mol. The number of piperazine rings is 1. The summed E-state index contributed by atoms with van der Waals surface area (Å²) in [5.74, 6) is -3.62. The molecule has 51 heavy (non-hydrogen) atoms. The van der Waals surface area contributed by atoms with Gasteiger partial charge in [0.25, 0.3) is 0 Å². The first-order valence-electron chi connectivity index (χ1n) is 18.9. The molecule has 12 heteroatoms. The van der Waals surface area contributed by atoms with Crippen LogP contribution < -0.4 is 11.1 Å². The number of pyridine rings is 1. The largest absolute Gasteiger partial charge is 0.367 e. The van der Waals surface area contributed by atoms with Gasteiger partial charge in [-0.05, 0) is 69.7 Å². The molecule has 0 unspecified atom stereocenters. The Kier molecular flexibility index (Phi) is 12.5. The highest BCUT2D eigenvalue weighted by atomic mass is 19.3. The number of fused-ring (bicyclic) bond motifs is 1. The Bertz CT molecular complexity index is 1550. The van der Waals surface area contributed by atoms with Crippen LogP contribution in [0.1, 0.15) is 86.3 Å². The van der Waals surface area contributed by atoms with Crippen molar-refractivity contribution in [3.05, 3.63) is 83.7 Å². The number of nitrogens with one attached hydrogen (secondary N) is 1. The summed E-state index contributed by atoms with van der Waals surface area (Å²) in [4.78, 5) is 30.3. The number of carbonyl (C=O) groups excluding carboxylic acids is 1. The number of imidazole rings is 1. The summed E-state index contributed by atoms with van der Waals surface area (Å²) in [5.41, 5.74) is 8.63. The van der Waals surface area contributed by atoms with Crippen LogP contribution in [0.2, 0.25) is 0 Å². The number of carbonyl (C=O) groups is 1. The van der Waals surface area contributed by atoms with Gasteiger partial charge >= 0.3 is 0 Å². The predicted octanol–water partition coefficient (Wildman–Crippen LogP) is 4.60. The Morgan fingerprint density at radius 2 is 1.92 bits per heavy atom. The summed E-state index contributed by atoms with van der Waals surface area (Å²) >= 11 is 0. The van der Waals surface area contributed by atoms with E-state index in [9.17, 15) is 18.7 Å². The summed E-state index contributed by atoms with van der Waals surface area (Å²) in [5, 5.41) is 15.0. The second-order valence-electron chi connectivity index (χ2n) is 15.0. The van der Waals surface area contributed by atoms with Crippen LogP contribution in [0.25, 0.3) is 0 Å². The van der Waals surface area contributed by atoms with E-state index in [1.54, 1.807) is 0 Å². The fourth-order valence-corrected chi connectivity index (χ4v) is 8.25. The number of alkyl halides is 2. The van der Waals surface area contributed by atoms with Crippen molar-refractivity contribution in [1.82, 2.24) is 34.6 Å². The molecule has 0 bridgehead atoms. The Morgan fingerprint density at radius 3 is 2.67 bits per heavy atom. The van der Waals surface area contributed by atoms with E-state index in [0.717, 1.165) is 77.1 Å². The van der Waals surface area contributed by atoms with Crippen molar-refractivity contribution in [3.8, 4) is 0 Å². The molecule has 0 radical (unpaired) electrons. The van der Waals surface area contributed by atoms with Crippen molar-refractivity contribution < 1.29 is 18.7 Å². The molecule has 3 heterocycles. The standard InChI is InChI=1S/C39H56F2N8O2/c1-46-29-43-25-33(46)27-48-24-23-47(26-34(48)28-49(21-6-5-19-42)35-13-7-9-30-10-8-20-44-36(30)35)22-18-39(51,32-11-3-2-4-12-32)45-37(50)31-14-16-38(40,41)17-15-31/h2-4,8,10-12,20,25,29,31,34-35,51H,5-7,9,13-19,21-24,26-28,42H2,1H3,(H,45,50)/t34-,35+,39+/m1/s1. The zero-order chi connectivity index (χ0) is 35.8. The van der Waals surface area contributed by atoms with Gasteiger partial charge in [0.15, 0.2) is 5.72 Å². The Balaban J connectivity index is 1.20. The van der Waals surface area contributed by atoms with Crippen LogP contribution in [0.5, 0.6) is 0 Å². The van der Waals surface area contributed by atoms with E-state index >= 15 is 0 Å². The third-order valence-electron chi connectivity index (χ3n) is 11.4. The molecule has 3 aliphatic rings. The lowest BCUT2D eigenvalue weighted by Crippen LogP contribution is -2.58. The van der Waals surface area contributed by atoms with Crippen LogP contribution >= 0.6 is 0 Å². The summed E-state index contributed by atoms with van der Waals surface area (Å²) in [6, 6.07) is 13.9. The number of rotatable bonds is 15. The van der Waals surface area contributed by atoms with Crippen molar-refractivity contribution in [1.29, 1.82) is 0 Å². The van der Waals surface area contributed by atoms with Crippen LogP contribution in [0.15, 0.2) is 61.2 Å². The van der Waals surface area contributed by atoms with Gasteiger partial charge in [-0.3, -0.25) is 19.6 Å². The monoisotopic (exact) mass is 706 g/mol. The number of hydrogen-bond donors (Lipinski definition) is 3. The fourth-order valence-electron chi connectivity index (χ4n) is 8.25. The first-order valence-corrected chi connectivity index (χ1v) is 18.9. The lowest BCUT2D eigenvalue weighted by atomic mass is 9.85. The van der Waals surface area contributed by atoms with E-state index in [1.165, 1.54) is 11.3 Å². The van der Waals surface area contributed by atoms with Crippen molar-refractivity contribution in [2.75, 3.05) is 45.8 Å². The second-order valence-corrected chi connectivity index (χ2v) is 15.0. The molecule has 0 spiro atoms. The van der Waals surface area contributed by atoms with Crippen LogP contribution in [0, 0.1) is 5.92 Å². The van der Waals surface area contributed by atoms with Crippen molar-refractivity contribution >= 4 is 5.91 Å². The molecule has 6 rings (SSSR count). The number of hydrogen-bond acceptors (Lipinski definition) is 8. The predicted molar refractivity (Wildman–Crippen MR) is 194 cm³/mol. The SMILES string of the molecule is Cn1cncc1CN1CCN(CC[C@@](O)(NC(=O)C2CCC(F)(F)CC2)c2ccccc2)C[C@@H]1CN(CCCCN)[C@H]1CCCc2cccnc21. The quantitative estimate of drug-likeness (QED) is 0.155. The number of nitrogens with zero attached hydrogens (tertiary/aromatic N) is 6. The molecule has 1 aliphatic heterocycles. The number of unbranched alkanes of at least 4 members (excludes halogenated alkanes) is 1. The minimum atomic E-state index is -2.72. The van der Waals surface area contributed by atoms with Crippen molar-refractivity contribution in [2.45, 2.75) is 94.5 Å². The molecule has 1 aromatic carbocycles. The van der Waals surface area contributed by atoms with E-state index in [-0.39, 0.29) is 50.1 Å². The third-order valence-corrected chi connectivity index (χ3v) is 11.4. The van der Waals surface area contributed by atoms with Gasteiger partial charge in [0.1, 0.15) is 0 Å². The zero-order valence-corrected chi connectivity index (χ0v) is 30.1. The number of halogens is 2. The first kappa shape index (κ1) is 37.5. The van der Waals surface area contributed by atoms with E-state index in [4.69, 9.17) is 10.7 Å². The molecule has 2 fully saturated rings. The molecule has 4 N–H and O–H groups in total. The first-order chi connectivity index (χ1) is 24.6. The molecule has 10 nitrogen and oxygen atoms in total. The van der Waals surface area contributed by atoms with Crippen LogP contribution in [0.4, 0.5) is 8.78 Å². The average Bonchev–Trinajstić information content (AvgIpc) is 3.55. The van der Waals surface area contributed by atoms with E-state index in [1.807, 2.05) is 62.2 Å². The summed E-state index contributed by atoms with van der Waals surface area (Å²) in [6.45, 7) is 6.28. The summed E-state index contributed by atoms with van der Waals surface area (Å²) in [7, 11) is 2.04. The van der Waals surface area contributed by atoms with Crippen molar-refractivity contribution in [2.24, 2.45) is 18.7 Å². The summed E-state index contributed by atoms with van der Waals surface area (Å²) in [6.07, 6.45) is 10.9. The molecule has 2 aromatic heterocycles. The van der Waals surface area contributed by atoms with E-state index in [0.29, 0.717) is 18.7 Å². The van der Waals surface area contributed by atoms with E-state index < -0.39 is 17.6 Å². The Labute approximate surface area is 301 Å². The van der Waals surface area contributed by atoms with Gasteiger partial charge < -0.3 is 25.6 Å². The molecule has 1 saturated carbocycles. The van der Waals surface area contributed by atoms with Crippen LogP contribution in [-0.4, -0.2) is 98.0 Å². The van der Waals surface area contributed by atoms with Gasteiger partial charge in [-0.15, -0.1) is 0 Å². The van der Waals surface area contributed by atoms with Crippen LogP contribution in [-0.2, 0) is 30.5 Å². The van der Waals surface area contributed by atoms with Gasteiger partial charge in [0.2, 0.25) is 11.8 Å². The number of aliphatic hydroxyl groups is 1. The minimum Gasteiger partial charge on any atom is -0.367 e. The fraction of sp³-hybridized carbons (Fsp3) is 0.615. The molecular weight excluding hydrogens is 650 g/mol. The summed E-state index contributed by atoms with van der Waals surface area (Å²) < 4.78 is 29.8. The zero-order valence-electron chi connectivity index (χ0n) is 30.1. The molecule has 1 saturated heterocycles. The molecule has 1 amide bonds. The number of nitrogens with two attached hydrogens (primary N) is 1. The molecular formula is C39H56F2N8O2. The topological polar surface area (TPSA) is 116 Å². The van der Waals surface area contributed by atoms with Crippen molar-refractivity contribution in [3.63, 3.8) is 0 Å². The minimum absolute atomic E-state index is 0.118. The van der Waals surface area contributed by atoms with Gasteiger partial charge in [0, 0.05) is 95.5 Å². The number of amides is 1. The van der Waals surface area contributed by atoms with Gasteiger partial charge in [-0.2, -0.15) is 0 Å². The maximum Gasteiger partial charge on any atom is 0.248 e.